The third-order valence-corrected chi connectivity index (χ3v) is 5.65. The van der Waals surface area contributed by atoms with Gasteiger partial charge in [-0.25, -0.2) is 4.39 Å². The van der Waals surface area contributed by atoms with Crippen molar-refractivity contribution in [2.24, 2.45) is 0 Å². The number of methoxy groups -OCH3 is 2. The van der Waals surface area contributed by atoms with Crippen LogP contribution in [-0.2, 0) is 20.7 Å². The van der Waals surface area contributed by atoms with Crippen molar-refractivity contribution < 1.29 is 28.2 Å². The normalized spacial score (nSPS) is 15.8. The van der Waals surface area contributed by atoms with Crippen molar-refractivity contribution >= 4 is 23.5 Å². The number of nitrogens with zero attached hydrogens (tertiary/aromatic N) is 1. The lowest BCUT2D eigenvalue weighted by atomic mass is 9.86. The topological polar surface area (TPSA) is 65.1 Å². The van der Waals surface area contributed by atoms with E-state index in [1.807, 2.05) is 6.07 Å². The Morgan fingerprint density at radius 3 is 2.39 bits per heavy atom. The van der Waals surface area contributed by atoms with Crippen molar-refractivity contribution in [2.45, 2.75) is 38.8 Å². The van der Waals surface area contributed by atoms with Crippen LogP contribution < -0.4 is 9.47 Å². The third-order valence-electron chi connectivity index (χ3n) is 5.32. The number of carbonyl (C=O) groups excluding carboxylic acids is 2. The summed E-state index contributed by atoms with van der Waals surface area (Å²) in [6.45, 7) is 4.55. The zero-order valence-corrected chi connectivity index (χ0v) is 18.9. The number of carbonyl (C=O) groups is 2. The largest absolute Gasteiger partial charge is 0.493 e. The third kappa shape index (κ3) is 4.32. The van der Waals surface area contributed by atoms with Crippen LogP contribution in [0.3, 0.4) is 0 Å². The molecule has 0 saturated carbocycles. The van der Waals surface area contributed by atoms with E-state index in [1.54, 1.807) is 12.1 Å². The maximum absolute atomic E-state index is 15.0. The van der Waals surface area contributed by atoms with Crippen molar-refractivity contribution in [1.29, 1.82) is 0 Å². The molecule has 0 radical (unpaired) electrons. The maximum Gasteiger partial charge on any atom is 0.303 e. The van der Waals surface area contributed by atoms with Gasteiger partial charge in [-0.05, 0) is 55.7 Å². The summed E-state index contributed by atoms with van der Waals surface area (Å²) >= 11 is 6.41. The van der Waals surface area contributed by atoms with Gasteiger partial charge in [0.25, 0.3) is 5.91 Å². The highest BCUT2D eigenvalue weighted by molar-refractivity contribution is 6.31. The Labute approximate surface area is 185 Å². The van der Waals surface area contributed by atoms with Crippen LogP contribution in [0.1, 0.15) is 43.5 Å². The Balaban J connectivity index is 2.22. The Morgan fingerprint density at radius 2 is 1.81 bits per heavy atom. The first-order valence-electron chi connectivity index (χ1n) is 9.80. The first kappa shape index (κ1) is 22.9. The van der Waals surface area contributed by atoms with Gasteiger partial charge in [-0.3, -0.25) is 9.59 Å². The molecule has 0 aliphatic carbocycles. The maximum atomic E-state index is 15.0. The molecule has 6 nitrogen and oxygen atoms in total. The van der Waals surface area contributed by atoms with E-state index < -0.39 is 29.3 Å². The molecule has 31 heavy (non-hydrogen) atoms. The van der Waals surface area contributed by atoms with E-state index in [0.717, 1.165) is 5.56 Å². The highest BCUT2D eigenvalue weighted by Gasteiger charge is 2.43. The standard InChI is InChI=1S/C23H25ClFNO5/c1-13(27)31-23(2,3)22(28)26-10-9-14-11-18(29-4)19(30-5)12-15(14)21(26)20-16(24)7-6-8-17(20)25/h6-8,11-12,21H,9-10H2,1-5H3/t21-/m0/s1. The van der Waals surface area contributed by atoms with E-state index in [2.05, 4.69) is 0 Å². The summed E-state index contributed by atoms with van der Waals surface area (Å²) in [6.07, 6.45) is 0.500. The minimum atomic E-state index is -1.43. The number of esters is 1. The molecule has 2 aromatic rings. The van der Waals surface area contributed by atoms with Gasteiger partial charge in [0.2, 0.25) is 0 Å². The smallest absolute Gasteiger partial charge is 0.303 e. The van der Waals surface area contributed by atoms with Gasteiger partial charge >= 0.3 is 5.97 Å². The molecule has 0 unspecified atom stereocenters. The molecule has 1 heterocycles. The Morgan fingerprint density at radius 1 is 1.16 bits per heavy atom. The summed E-state index contributed by atoms with van der Waals surface area (Å²) < 4.78 is 31.1. The Bertz CT molecular complexity index is 1000. The summed E-state index contributed by atoms with van der Waals surface area (Å²) in [5.74, 6) is -0.578. The van der Waals surface area contributed by atoms with Crippen molar-refractivity contribution in [3.63, 3.8) is 0 Å². The number of ether oxygens (including phenoxy) is 3. The second kappa shape index (κ2) is 8.75. The molecule has 8 heteroatoms. The van der Waals surface area contributed by atoms with Gasteiger partial charge in [-0.2, -0.15) is 0 Å². The van der Waals surface area contributed by atoms with Gasteiger partial charge in [-0.1, -0.05) is 17.7 Å². The van der Waals surface area contributed by atoms with Gasteiger partial charge in [0.05, 0.1) is 20.3 Å². The Hall–Kier alpha value is -2.80. The summed E-state index contributed by atoms with van der Waals surface area (Å²) in [6, 6.07) is 7.12. The van der Waals surface area contributed by atoms with Crippen LogP contribution in [0.2, 0.25) is 5.02 Å². The van der Waals surface area contributed by atoms with Crippen molar-refractivity contribution in [1.82, 2.24) is 4.90 Å². The molecule has 0 fully saturated rings. The van der Waals surface area contributed by atoms with Crippen LogP contribution in [0, 0.1) is 5.82 Å². The summed E-state index contributed by atoms with van der Waals surface area (Å²) in [5, 5.41) is 0.190. The molecule has 1 amide bonds. The van der Waals surface area contributed by atoms with Crippen molar-refractivity contribution in [2.75, 3.05) is 20.8 Å². The van der Waals surface area contributed by atoms with Crippen molar-refractivity contribution in [3.05, 3.63) is 57.9 Å². The molecule has 1 aliphatic heterocycles. The molecule has 2 aromatic carbocycles. The van der Waals surface area contributed by atoms with Crippen molar-refractivity contribution in [3.8, 4) is 11.5 Å². The zero-order chi connectivity index (χ0) is 22.9. The monoisotopic (exact) mass is 449 g/mol. The fourth-order valence-corrected chi connectivity index (χ4v) is 4.26. The number of hydrogen-bond acceptors (Lipinski definition) is 5. The molecule has 0 aromatic heterocycles. The SMILES string of the molecule is COc1cc2c(cc1OC)[C@@H](c1c(F)cccc1Cl)N(C(=O)C(C)(C)OC(C)=O)CC2. The number of rotatable bonds is 5. The van der Waals surface area contributed by atoms with Crippen LogP contribution in [0.4, 0.5) is 4.39 Å². The fourth-order valence-electron chi connectivity index (χ4n) is 4.00. The predicted molar refractivity (Wildman–Crippen MR) is 114 cm³/mol. The zero-order valence-electron chi connectivity index (χ0n) is 18.1. The lowest BCUT2D eigenvalue weighted by Gasteiger charge is -2.41. The van der Waals surface area contributed by atoms with Gasteiger partial charge in [0.15, 0.2) is 17.1 Å². The first-order chi connectivity index (χ1) is 14.6. The van der Waals surface area contributed by atoms with E-state index >= 15 is 4.39 Å². The van der Waals surface area contributed by atoms with E-state index in [-0.39, 0.29) is 17.1 Å². The number of amides is 1. The van der Waals surface area contributed by atoms with E-state index in [4.69, 9.17) is 25.8 Å². The lowest BCUT2D eigenvalue weighted by molar-refractivity contribution is -0.169. The lowest BCUT2D eigenvalue weighted by Crippen LogP contribution is -2.51. The number of benzene rings is 2. The summed E-state index contributed by atoms with van der Waals surface area (Å²) in [4.78, 5) is 26.5. The minimum Gasteiger partial charge on any atom is -0.493 e. The molecule has 166 valence electrons. The average molecular weight is 450 g/mol. The molecule has 0 spiro atoms. The molecule has 0 bridgehead atoms. The van der Waals surface area contributed by atoms with E-state index in [1.165, 1.54) is 52.0 Å². The van der Waals surface area contributed by atoms with Gasteiger partial charge < -0.3 is 19.1 Å². The van der Waals surface area contributed by atoms with Crippen LogP contribution in [0.25, 0.3) is 0 Å². The summed E-state index contributed by atoms with van der Waals surface area (Å²) in [7, 11) is 3.04. The summed E-state index contributed by atoms with van der Waals surface area (Å²) in [5.41, 5.74) is 0.291. The van der Waals surface area contributed by atoms with Gasteiger partial charge in [-0.15, -0.1) is 0 Å². The predicted octanol–water partition coefficient (Wildman–Crippen LogP) is 4.31. The fraction of sp³-hybridized carbons (Fsp3) is 0.391. The van der Waals surface area contributed by atoms with Crippen LogP contribution >= 0.6 is 11.6 Å². The second-order valence-corrected chi connectivity index (χ2v) is 8.20. The number of hydrogen-bond donors (Lipinski definition) is 0. The van der Waals surface area contributed by atoms with Crippen LogP contribution in [0.15, 0.2) is 30.3 Å². The molecule has 0 N–H and O–H groups in total. The van der Waals surface area contributed by atoms with Crippen LogP contribution in [-0.4, -0.2) is 43.1 Å². The highest BCUT2D eigenvalue weighted by Crippen LogP contribution is 2.44. The number of halogens is 2. The minimum absolute atomic E-state index is 0.171. The molecule has 1 atom stereocenters. The van der Waals surface area contributed by atoms with Gasteiger partial charge in [0.1, 0.15) is 5.82 Å². The molecular formula is C23H25ClFNO5. The Kier molecular flexibility index (Phi) is 6.46. The number of fused-ring (bicyclic) bond motifs is 1. The van der Waals surface area contributed by atoms with Crippen LogP contribution in [0.5, 0.6) is 11.5 Å². The highest BCUT2D eigenvalue weighted by atomic mass is 35.5. The second-order valence-electron chi connectivity index (χ2n) is 7.80. The van der Waals surface area contributed by atoms with E-state index in [9.17, 15) is 9.59 Å². The quantitative estimate of drug-likeness (QED) is 0.636. The molecule has 3 rings (SSSR count). The average Bonchev–Trinajstić information content (AvgIpc) is 2.71. The van der Waals surface area contributed by atoms with Gasteiger partial charge in [0, 0.05) is 24.1 Å². The first-order valence-corrected chi connectivity index (χ1v) is 10.2. The molecular weight excluding hydrogens is 425 g/mol. The van der Waals surface area contributed by atoms with E-state index in [0.29, 0.717) is 23.5 Å². The molecule has 1 aliphatic rings. The molecule has 0 saturated heterocycles.